The summed E-state index contributed by atoms with van der Waals surface area (Å²) in [4.78, 5) is 0. The van der Waals surface area contributed by atoms with Crippen molar-refractivity contribution in [3.8, 4) is 11.5 Å². The lowest BCUT2D eigenvalue weighted by atomic mass is 9.96. The van der Waals surface area contributed by atoms with Gasteiger partial charge in [0.2, 0.25) is 6.23 Å². The fourth-order valence-corrected chi connectivity index (χ4v) is 4.62. The Morgan fingerprint density at radius 2 is 1.94 bits per heavy atom. The highest BCUT2D eigenvalue weighted by Crippen LogP contribution is 2.49. The van der Waals surface area contributed by atoms with Crippen LogP contribution in [0.5, 0.6) is 11.5 Å². The van der Waals surface area contributed by atoms with Crippen LogP contribution in [-0.2, 0) is 0 Å². The number of fused-ring (bicyclic) bond motifs is 3. The third kappa shape index (κ3) is 3.84. The van der Waals surface area contributed by atoms with Crippen molar-refractivity contribution < 1.29 is 9.47 Å². The third-order valence-corrected chi connectivity index (χ3v) is 6.32. The van der Waals surface area contributed by atoms with Crippen molar-refractivity contribution in [3.05, 3.63) is 106 Å². The van der Waals surface area contributed by atoms with Crippen molar-refractivity contribution in [1.82, 2.24) is 5.01 Å². The zero-order valence-corrected chi connectivity index (χ0v) is 19.0. The van der Waals surface area contributed by atoms with Gasteiger partial charge in [-0.25, -0.2) is 5.01 Å². The van der Waals surface area contributed by atoms with E-state index in [4.69, 9.17) is 26.2 Å². The second-order valence-corrected chi connectivity index (χ2v) is 8.77. The van der Waals surface area contributed by atoms with Gasteiger partial charge >= 0.3 is 0 Å². The minimum Gasteiger partial charge on any atom is -0.490 e. The van der Waals surface area contributed by atoms with Gasteiger partial charge < -0.3 is 9.47 Å². The van der Waals surface area contributed by atoms with E-state index in [9.17, 15) is 0 Å². The number of halogens is 2. The first-order valence-electron chi connectivity index (χ1n) is 10.0. The molecule has 2 aliphatic heterocycles. The van der Waals surface area contributed by atoms with E-state index in [2.05, 4.69) is 28.6 Å². The maximum atomic E-state index is 6.53. The van der Waals surface area contributed by atoms with E-state index in [-0.39, 0.29) is 12.3 Å². The highest BCUT2D eigenvalue weighted by molar-refractivity contribution is 9.10. The standard InChI is InChI=1S/C25H20BrClN2O2/c1-2-13-30-18-10-7-16(8-11-18)22-15-23-20-14-17(26)9-12-24(20)31-25(29(23)28-22)19-5-3-4-6-21(19)27/h2-12,14,23,25H,1,13,15H2. The monoisotopic (exact) mass is 494 g/mol. The van der Waals surface area contributed by atoms with Crippen LogP contribution in [0.3, 0.4) is 0 Å². The molecule has 2 aliphatic rings. The first-order chi connectivity index (χ1) is 15.1. The zero-order chi connectivity index (χ0) is 21.4. The molecular formula is C25H20BrClN2O2. The quantitative estimate of drug-likeness (QED) is 0.361. The Morgan fingerprint density at radius 3 is 2.71 bits per heavy atom. The molecule has 0 saturated heterocycles. The van der Waals surface area contributed by atoms with Crippen LogP contribution in [0.4, 0.5) is 0 Å². The third-order valence-electron chi connectivity index (χ3n) is 5.48. The van der Waals surface area contributed by atoms with E-state index in [1.807, 2.05) is 65.7 Å². The van der Waals surface area contributed by atoms with Crippen molar-refractivity contribution >= 4 is 33.2 Å². The molecular weight excluding hydrogens is 476 g/mol. The van der Waals surface area contributed by atoms with E-state index in [1.165, 1.54) is 0 Å². The SMILES string of the molecule is C=CCOc1ccc(C2=NN3C(C2)c2cc(Br)ccc2OC3c2ccccc2Cl)cc1. The largest absolute Gasteiger partial charge is 0.490 e. The van der Waals surface area contributed by atoms with Crippen LogP contribution in [0, 0.1) is 0 Å². The molecule has 0 bridgehead atoms. The van der Waals surface area contributed by atoms with Crippen LogP contribution in [0.15, 0.2) is 89.0 Å². The molecule has 0 aliphatic carbocycles. The number of hydrogen-bond acceptors (Lipinski definition) is 4. The predicted octanol–water partition coefficient (Wildman–Crippen LogP) is 6.91. The number of nitrogens with zero attached hydrogens (tertiary/aromatic N) is 2. The van der Waals surface area contributed by atoms with Crippen molar-refractivity contribution in [2.24, 2.45) is 5.10 Å². The molecule has 31 heavy (non-hydrogen) atoms. The topological polar surface area (TPSA) is 34.1 Å². The molecule has 0 N–H and O–H groups in total. The van der Waals surface area contributed by atoms with Crippen molar-refractivity contribution in [2.45, 2.75) is 18.7 Å². The molecule has 3 aromatic carbocycles. The average Bonchev–Trinajstić information content (AvgIpc) is 3.24. The van der Waals surface area contributed by atoms with Gasteiger partial charge in [0.05, 0.1) is 11.8 Å². The summed E-state index contributed by atoms with van der Waals surface area (Å²) in [5.74, 6) is 1.67. The van der Waals surface area contributed by atoms with Gasteiger partial charge in [-0.15, -0.1) is 0 Å². The van der Waals surface area contributed by atoms with Gasteiger partial charge in [-0.3, -0.25) is 0 Å². The smallest absolute Gasteiger partial charge is 0.215 e. The molecule has 4 nitrogen and oxygen atoms in total. The Balaban J connectivity index is 1.53. The highest BCUT2D eigenvalue weighted by atomic mass is 79.9. The first kappa shape index (κ1) is 20.2. The van der Waals surface area contributed by atoms with Gasteiger partial charge in [0.25, 0.3) is 0 Å². The summed E-state index contributed by atoms with van der Waals surface area (Å²) in [5, 5.41) is 7.69. The van der Waals surface area contributed by atoms with Crippen molar-refractivity contribution in [1.29, 1.82) is 0 Å². The predicted molar refractivity (Wildman–Crippen MR) is 127 cm³/mol. The fourth-order valence-electron chi connectivity index (χ4n) is 4.01. The van der Waals surface area contributed by atoms with Crippen LogP contribution in [0.2, 0.25) is 5.02 Å². The summed E-state index contributed by atoms with van der Waals surface area (Å²) in [6, 6.07) is 22.0. The first-order valence-corrected chi connectivity index (χ1v) is 11.2. The van der Waals surface area contributed by atoms with Gasteiger partial charge in [-0.2, -0.15) is 5.10 Å². The van der Waals surface area contributed by atoms with Crippen molar-refractivity contribution in [3.63, 3.8) is 0 Å². The second kappa shape index (κ2) is 8.40. The molecule has 0 radical (unpaired) electrons. The molecule has 0 spiro atoms. The van der Waals surface area contributed by atoms with E-state index < -0.39 is 0 Å². The number of rotatable bonds is 5. The Kier molecular flexibility index (Phi) is 5.47. The summed E-state index contributed by atoms with van der Waals surface area (Å²) in [6.07, 6.45) is 2.12. The molecule has 3 aromatic rings. The minimum absolute atomic E-state index is 0.0641. The average molecular weight is 496 g/mol. The number of hydrazone groups is 1. The van der Waals surface area contributed by atoms with E-state index >= 15 is 0 Å². The van der Waals surface area contributed by atoms with E-state index in [0.717, 1.165) is 44.8 Å². The van der Waals surface area contributed by atoms with Crippen LogP contribution in [-0.4, -0.2) is 17.3 Å². The summed E-state index contributed by atoms with van der Waals surface area (Å²) < 4.78 is 13.0. The Hall–Kier alpha value is -2.76. The van der Waals surface area contributed by atoms with E-state index in [1.54, 1.807) is 6.08 Å². The molecule has 6 heteroatoms. The maximum absolute atomic E-state index is 6.53. The molecule has 2 heterocycles. The molecule has 0 saturated carbocycles. The number of hydrogen-bond donors (Lipinski definition) is 0. The van der Waals surface area contributed by atoms with Crippen LogP contribution >= 0.6 is 27.5 Å². The van der Waals surface area contributed by atoms with Crippen LogP contribution < -0.4 is 9.47 Å². The van der Waals surface area contributed by atoms with Crippen LogP contribution in [0.1, 0.15) is 35.4 Å². The lowest BCUT2D eigenvalue weighted by molar-refractivity contribution is -0.0190. The van der Waals surface area contributed by atoms with Crippen LogP contribution in [0.25, 0.3) is 0 Å². The van der Waals surface area contributed by atoms with Gasteiger partial charge in [-0.05, 0) is 54.1 Å². The second-order valence-electron chi connectivity index (χ2n) is 7.44. The van der Waals surface area contributed by atoms with Gasteiger partial charge in [0.15, 0.2) is 0 Å². The molecule has 5 rings (SSSR count). The normalized spacial score (nSPS) is 19.2. The lowest BCUT2D eigenvalue weighted by Gasteiger charge is -2.38. The Bertz CT molecular complexity index is 1160. The van der Waals surface area contributed by atoms with Crippen molar-refractivity contribution in [2.75, 3.05) is 6.61 Å². The molecule has 2 unspecified atom stereocenters. The van der Waals surface area contributed by atoms with E-state index in [0.29, 0.717) is 11.6 Å². The summed E-state index contributed by atoms with van der Waals surface area (Å²) in [6.45, 7) is 4.17. The van der Waals surface area contributed by atoms with Gasteiger partial charge in [0, 0.05) is 27.0 Å². The fraction of sp³-hybridized carbons (Fsp3) is 0.160. The molecule has 2 atom stereocenters. The molecule has 0 amide bonds. The highest BCUT2D eigenvalue weighted by Gasteiger charge is 2.41. The zero-order valence-electron chi connectivity index (χ0n) is 16.7. The molecule has 0 aromatic heterocycles. The lowest BCUT2D eigenvalue weighted by Crippen LogP contribution is -2.33. The molecule has 156 valence electrons. The Morgan fingerprint density at radius 1 is 1.13 bits per heavy atom. The van der Waals surface area contributed by atoms with Gasteiger partial charge in [-0.1, -0.05) is 58.4 Å². The maximum Gasteiger partial charge on any atom is 0.215 e. The molecule has 0 fully saturated rings. The summed E-state index contributed by atoms with van der Waals surface area (Å²) in [7, 11) is 0. The minimum atomic E-state index is -0.389. The number of ether oxygens (including phenoxy) is 2. The Labute approximate surface area is 194 Å². The van der Waals surface area contributed by atoms with Gasteiger partial charge in [0.1, 0.15) is 18.1 Å². The number of benzene rings is 3. The summed E-state index contributed by atoms with van der Waals surface area (Å²) >= 11 is 10.1. The summed E-state index contributed by atoms with van der Waals surface area (Å²) in [5.41, 5.74) is 4.09.